The zero-order valence-electron chi connectivity index (χ0n) is 45.7. The molecule has 0 bridgehead atoms. The highest BCUT2D eigenvalue weighted by Gasteiger charge is 2.47. The molecule has 1 fully saturated rings. The molecule has 5 amide bonds. The average Bonchev–Trinajstić information content (AvgIpc) is 3.47. The van der Waals surface area contributed by atoms with Gasteiger partial charge in [0.2, 0.25) is 23.6 Å². The maximum Gasteiger partial charge on any atom is 0.252 e. The predicted octanol–water partition coefficient (Wildman–Crippen LogP) is 5.39. The fourth-order valence-corrected chi connectivity index (χ4v) is 10.4. The second-order valence-electron chi connectivity index (χ2n) is 21.1. The first-order chi connectivity index (χ1) is 37.6. The minimum absolute atomic E-state index is 0.0605. The number of unbranched alkanes of at least 4 members (excludes halogenated alkanes) is 10. The van der Waals surface area contributed by atoms with Gasteiger partial charge in [-0.25, -0.2) is 0 Å². The Labute approximate surface area is 460 Å². The first kappa shape index (κ1) is 61.0. The van der Waals surface area contributed by atoms with Crippen LogP contribution in [0.15, 0.2) is 97.1 Å². The van der Waals surface area contributed by atoms with Gasteiger partial charge < -0.3 is 61.8 Å². The molecular weight excluding hydrogens is 993 g/mol. The highest BCUT2D eigenvalue weighted by molar-refractivity contribution is 5.95. The molecule has 78 heavy (non-hydrogen) atoms. The van der Waals surface area contributed by atoms with E-state index in [2.05, 4.69) is 28.2 Å². The summed E-state index contributed by atoms with van der Waals surface area (Å²) in [4.78, 5) is 72.7. The van der Waals surface area contributed by atoms with Crippen LogP contribution in [0.5, 0.6) is 5.75 Å². The van der Waals surface area contributed by atoms with Crippen LogP contribution in [0.25, 0.3) is 0 Å². The zero-order valence-corrected chi connectivity index (χ0v) is 45.7. The summed E-state index contributed by atoms with van der Waals surface area (Å²) in [6, 6.07) is 24.9. The quantitative estimate of drug-likeness (QED) is 0.0298. The molecule has 0 radical (unpaired) electrons. The lowest BCUT2D eigenvalue weighted by molar-refractivity contribution is -0.290. The van der Waals surface area contributed by atoms with E-state index in [-0.39, 0.29) is 57.7 Å². The molecule has 0 spiro atoms. The monoisotopic (exact) mass is 1080 g/mol. The van der Waals surface area contributed by atoms with E-state index in [1.807, 2.05) is 98.8 Å². The lowest BCUT2D eigenvalue weighted by atomic mass is 9.91. The van der Waals surface area contributed by atoms with Gasteiger partial charge in [-0.2, -0.15) is 0 Å². The molecule has 2 heterocycles. The van der Waals surface area contributed by atoms with Crippen LogP contribution in [-0.4, -0.2) is 123 Å². The van der Waals surface area contributed by atoms with Crippen molar-refractivity contribution in [1.82, 2.24) is 26.2 Å². The number of hydrogen-bond acceptors (Lipinski definition) is 12. The van der Waals surface area contributed by atoms with Crippen LogP contribution in [0, 0.1) is 13.8 Å². The number of amides is 5. The summed E-state index contributed by atoms with van der Waals surface area (Å²) in [6.45, 7) is 6.52. The lowest BCUT2D eigenvalue weighted by Crippen LogP contribution is -2.62. The minimum atomic E-state index is -1.71. The van der Waals surface area contributed by atoms with Crippen LogP contribution in [0.3, 0.4) is 0 Å². The summed E-state index contributed by atoms with van der Waals surface area (Å²) >= 11 is 0. The molecule has 9 atom stereocenters. The molecule has 0 aliphatic carbocycles. The molecule has 2 aliphatic heterocycles. The van der Waals surface area contributed by atoms with Crippen LogP contribution in [0.2, 0.25) is 0 Å². The Morgan fingerprint density at radius 2 is 1.27 bits per heavy atom. The molecule has 10 N–H and O–H groups in total. The lowest BCUT2D eigenvalue weighted by Gasteiger charge is -2.39. The topological polar surface area (TPSA) is 262 Å². The summed E-state index contributed by atoms with van der Waals surface area (Å²) in [7, 11) is 0. The van der Waals surface area contributed by atoms with Crippen LogP contribution in [-0.2, 0) is 65.8 Å². The van der Waals surface area contributed by atoms with E-state index in [1.165, 1.54) is 43.4 Å². The van der Waals surface area contributed by atoms with Gasteiger partial charge >= 0.3 is 0 Å². The molecule has 4 aromatic carbocycles. The van der Waals surface area contributed by atoms with Gasteiger partial charge in [-0.3, -0.25) is 24.0 Å². The molecule has 4 aromatic rings. The second-order valence-corrected chi connectivity index (χ2v) is 21.1. The van der Waals surface area contributed by atoms with Gasteiger partial charge in [0, 0.05) is 39.1 Å². The van der Waals surface area contributed by atoms with Crippen LogP contribution >= 0.6 is 0 Å². The number of hydrogen-bond donors (Lipinski definition) is 9. The average molecular weight is 1080 g/mol. The smallest absolute Gasteiger partial charge is 0.252 e. The van der Waals surface area contributed by atoms with Crippen molar-refractivity contribution in [1.29, 1.82) is 0 Å². The maximum absolute atomic E-state index is 14.7. The number of fused-ring (bicyclic) bond motifs is 1. The van der Waals surface area contributed by atoms with Crippen molar-refractivity contribution in [3.63, 3.8) is 0 Å². The number of benzene rings is 4. The Hall–Kier alpha value is -6.21. The van der Waals surface area contributed by atoms with Crippen LogP contribution < -0.4 is 27.0 Å². The third kappa shape index (κ3) is 18.2. The van der Waals surface area contributed by atoms with Crippen molar-refractivity contribution >= 4 is 29.5 Å². The van der Waals surface area contributed by atoms with Gasteiger partial charge in [-0.05, 0) is 97.0 Å². The predicted molar refractivity (Wildman–Crippen MR) is 297 cm³/mol. The molecule has 6 rings (SSSR count). The fourth-order valence-electron chi connectivity index (χ4n) is 10.4. The van der Waals surface area contributed by atoms with Crippen molar-refractivity contribution in [3.8, 4) is 5.75 Å². The van der Waals surface area contributed by atoms with Crippen molar-refractivity contribution in [3.05, 3.63) is 136 Å². The Kier molecular flexibility index (Phi) is 24.6. The first-order valence-corrected chi connectivity index (χ1v) is 28.1. The Balaban J connectivity index is 1.09. The van der Waals surface area contributed by atoms with Crippen molar-refractivity contribution in [2.75, 3.05) is 13.2 Å². The summed E-state index contributed by atoms with van der Waals surface area (Å²) in [5, 5.41) is 53.7. The number of aryl methyl sites for hydroxylation is 2. The summed E-state index contributed by atoms with van der Waals surface area (Å²) in [5.74, 6) is -2.71. The van der Waals surface area contributed by atoms with Crippen molar-refractivity contribution < 1.29 is 53.9 Å². The normalized spacial score (nSPS) is 20.2. The maximum atomic E-state index is 14.7. The fraction of sp³-hybridized carbons (Fsp3) is 0.525. The van der Waals surface area contributed by atoms with E-state index in [1.54, 1.807) is 12.1 Å². The van der Waals surface area contributed by atoms with Gasteiger partial charge in [-0.15, -0.1) is 0 Å². The third-order valence-corrected chi connectivity index (χ3v) is 14.9. The minimum Gasteiger partial charge on any atom is -0.508 e. The molecule has 0 saturated carbocycles. The largest absolute Gasteiger partial charge is 0.508 e. The molecular formula is C61H84N6O11. The van der Waals surface area contributed by atoms with Gasteiger partial charge in [-0.1, -0.05) is 150 Å². The highest BCUT2D eigenvalue weighted by Crippen LogP contribution is 2.28. The van der Waals surface area contributed by atoms with E-state index in [0.717, 1.165) is 58.2 Å². The molecule has 17 heteroatoms. The Morgan fingerprint density at radius 3 is 1.92 bits per heavy atom. The summed E-state index contributed by atoms with van der Waals surface area (Å²) in [5.41, 5.74) is 12.4. The Bertz CT molecular complexity index is 2510. The van der Waals surface area contributed by atoms with Crippen LogP contribution in [0.4, 0.5) is 0 Å². The molecule has 17 nitrogen and oxygen atoms in total. The molecule has 424 valence electrons. The number of aliphatic hydroxyl groups excluding tert-OH is 3. The number of phenolic OH excluding ortho intramolecular Hbond substituents is 1. The summed E-state index contributed by atoms with van der Waals surface area (Å²) < 4.78 is 11.5. The first-order valence-electron chi connectivity index (χ1n) is 28.1. The number of phenols is 1. The standard InChI is InChI=1S/C61H84N6O11/c1-4-5-6-7-8-9-10-11-12-23-32-77-61-54(71)52(69)53(70)55(78-61)59(75)63-31-22-21-30-49(56(72)64-38-43-26-17-14-18-27-43)65-57(73)50(35-42-24-15-13-16-25-42)66-58(74)51-36-44-28-19-20-29-45(44)39-67(51)60(76)48(62)37-47-40(2)33-46(68)34-41(47)3/h13-20,24-29,33-34,48-55,61,68-71H,4-12,21-23,30-32,35-39,62H2,1-3H3,(H,63,75)(H,64,72)(H,65,73)(H,66,74)/t48-,49+,50-,51-,52-,53-,54+,55-,61+/m0/s1. The van der Waals surface area contributed by atoms with Crippen molar-refractivity contribution in [2.45, 2.75) is 191 Å². The number of aliphatic hydroxyl groups is 3. The number of aromatic hydroxyl groups is 1. The van der Waals surface area contributed by atoms with E-state index < -0.39 is 84.4 Å². The number of nitrogens with one attached hydrogen (secondary N) is 4. The summed E-state index contributed by atoms with van der Waals surface area (Å²) in [6.07, 6.45) is 4.71. The zero-order chi connectivity index (χ0) is 56.0. The number of ether oxygens (including phenoxy) is 2. The van der Waals surface area contributed by atoms with Gasteiger partial charge in [0.25, 0.3) is 5.91 Å². The second kappa shape index (κ2) is 31.4. The van der Waals surface area contributed by atoms with E-state index >= 15 is 0 Å². The molecule has 0 unspecified atom stereocenters. The van der Waals surface area contributed by atoms with Crippen LogP contribution in [0.1, 0.15) is 129 Å². The molecule has 0 aromatic heterocycles. The number of rotatable bonds is 30. The van der Waals surface area contributed by atoms with Gasteiger partial charge in [0.15, 0.2) is 12.4 Å². The molecule has 2 aliphatic rings. The Morgan fingerprint density at radius 1 is 0.667 bits per heavy atom. The van der Waals surface area contributed by atoms with Gasteiger partial charge in [0.05, 0.1) is 6.04 Å². The van der Waals surface area contributed by atoms with E-state index in [0.29, 0.717) is 19.3 Å². The third-order valence-electron chi connectivity index (χ3n) is 14.9. The molecule has 1 saturated heterocycles. The highest BCUT2D eigenvalue weighted by atomic mass is 16.7. The number of nitrogens with zero attached hydrogens (tertiary/aromatic N) is 1. The SMILES string of the molecule is CCCCCCCCCCCCO[C@@H]1O[C@H](C(=O)NCCCC[C@@H](NC(=O)[C@H](Cc2ccccc2)NC(=O)[C@@H]2Cc3ccccc3CN2C(=O)[C@@H](N)Cc2c(C)cc(O)cc2C)C(=O)NCc2ccccc2)[C@@H](O)[C@H](O)[C@H]1O. The number of carbonyl (C=O) groups excluding carboxylic acids is 5. The van der Waals surface area contributed by atoms with E-state index in [4.69, 9.17) is 15.2 Å². The van der Waals surface area contributed by atoms with Gasteiger partial charge in [0.1, 0.15) is 42.2 Å². The van der Waals surface area contributed by atoms with Crippen molar-refractivity contribution in [2.24, 2.45) is 5.73 Å². The number of carbonyl (C=O) groups is 5. The van der Waals surface area contributed by atoms with E-state index in [9.17, 15) is 44.4 Å². The number of nitrogens with two attached hydrogens (primary N) is 1.